The summed E-state index contributed by atoms with van der Waals surface area (Å²) in [6.45, 7) is 7.12. The van der Waals surface area contributed by atoms with E-state index >= 15 is 0 Å². The second-order valence-electron chi connectivity index (χ2n) is 1.99. The molecule has 0 radical (unpaired) electrons. The van der Waals surface area contributed by atoms with Gasteiger partial charge < -0.3 is 5.73 Å². The van der Waals surface area contributed by atoms with E-state index in [1.54, 1.807) is 18.2 Å². The van der Waals surface area contributed by atoms with Crippen molar-refractivity contribution in [3.63, 3.8) is 0 Å². The highest BCUT2D eigenvalue weighted by molar-refractivity contribution is 6.23. The van der Waals surface area contributed by atoms with Crippen LogP contribution in [0.5, 0.6) is 0 Å². The second kappa shape index (κ2) is 4.68. The third-order valence-electron chi connectivity index (χ3n) is 1.10. The monoisotopic (exact) mass is 133 g/mol. The SMILES string of the molecule is B/C(C=C)=C/C=C(/N)C=C. The van der Waals surface area contributed by atoms with E-state index in [0.29, 0.717) is 5.70 Å². The Bertz CT molecular complexity index is 167. The molecule has 0 saturated carbocycles. The van der Waals surface area contributed by atoms with Crippen molar-refractivity contribution < 1.29 is 0 Å². The lowest BCUT2D eigenvalue weighted by atomic mass is 9.95. The summed E-state index contributed by atoms with van der Waals surface area (Å²) in [6.07, 6.45) is 7.06. The van der Waals surface area contributed by atoms with Gasteiger partial charge >= 0.3 is 0 Å². The van der Waals surface area contributed by atoms with Crippen LogP contribution in [0.15, 0.2) is 48.6 Å². The molecule has 0 aliphatic carbocycles. The molecule has 2 N–H and O–H groups in total. The highest BCUT2D eigenvalue weighted by Gasteiger charge is 1.77. The Morgan fingerprint density at radius 2 is 1.80 bits per heavy atom. The van der Waals surface area contributed by atoms with Crippen LogP contribution < -0.4 is 5.73 Å². The summed E-state index contributed by atoms with van der Waals surface area (Å²) in [6, 6.07) is 0. The molecule has 0 aromatic rings. The van der Waals surface area contributed by atoms with E-state index in [2.05, 4.69) is 13.2 Å². The van der Waals surface area contributed by atoms with Crippen LogP contribution in [0.3, 0.4) is 0 Å². The standard InChI is InChI=1S/C8H12BN/c1-3-7(9)5-6-8(10)4-2/h3-6H,1-2,9-10H2/b7-5+,8-6+. The molecule has 1 nitrogen and oxygen atoms in total. The van der Waals surface area contributed by atoms with E-state index in [1.807, 2.05) is 13.9 Å². The fraction of sp³-hybridized carbons (Fsp3) is 0. The van der Waals surface area contributed by atoms with Crippen LogP contribution >= 0.6 is 0 Å². The zero-order valence-electron chi connectivity index (χ0n) is 6.30. The molecular weight excluding hydrogens is 121 g/mol. The minimum atomic E-state index is 0.668. The molecule has 0 aromatic heterocycles. The first kappa shape index (κ1) is 8.82. The van der Waals surface area contributed by atoms with Gasteiger partial charge in [-0.05, 0) is 12.2 Å². The first-order valence-corrected chi connectivity index (χ1v) is 3.09. The fourth-order valence-corrected chi connectivity index (χ4v) is 0.364. The smallest absolute Gasteiger partial charge is 0.139 e. The topological polar surface area (TPSA) is 26.0 Å². The number of hydrogen-bond acceptors (Lipinski definition) is 1. The maximum absolute atomic E-state index is 5.44. The lowest BCUT2D eigenvalue weighted by molar-refractivity contribution is 1.43. The molecule has 0 rings (SSSR count). The Hall–Kier alpha value is -1.18. The van der Waals surface area contributed by atoms with Crippen molar-refractivity contribution in [3.8, 4) is 0 Å². The molecule has 0 aromatic carbocycles. The van der Waals surface area contributed by atoms with Gasteiger partial charge in [0.15, 0.2) is 0 Å². The Labute approximate surface area is 63.0 Å². The first-order valence-electron chi connectivity index (χ1n) is 3.09. The van der Waals surface area contributed by atoms with Crippen LogP contribution in [0.4, 0.5) is 0 Å². The molecule has 0 bridgehead atoms. The molecule has 0 amide bonds. The zero-order valence-corrected chi connectivity index (χ0v) is 6.30. The molecule has 0 atom stereocenters. The van der Waals surface area contributed by atoms with Crippen molar-refractivity contribution in [2.24, 2.45) is 5.73 Å². The van der Waals surface area contributed by atoms with E-state index in [-0.39, 0.29) is 0 Å². The Morgan fingerprint density at radius 1 is 1.20 bits per heavy atom. The van der Waals surface area contributed by atoms with Crippen LogP contribution in [0, 0.1) is 0 Å². The van der Waals surface area contributed by atoms with E-state index in [9.17, 15) is 0 Å². The van der Waals surface area contributed by atoms with Crippen LogP contribution in [-0.4, -0.2) is 7.85 Å². The van der Waals surface area contributed by atoms with E-state index in [0.717, 1.165) is 5.47 Å². The van der Waals surface area contributed by atoms with Crippen LogP contribution in [0.2, 0.25) is 0 Å². The minimum Gasteiger partial charge on any atom is -0.399 e. The molecule has 0 aliphatic rings. The fourth-order valence-electron chi connectivity index (χ4n) is 0.364. The van der Waals surface area contributed by atoms with Crippen molar-refractivity contribution in [1.82, 2.24) is 0 Å². The van der Waals surface area contributed by atoms with Crippen molar-refractivity contribution in [2.45, 2.75) is 0 Å². The highest BCUT2D eigenvalue weighted by Crippen LogP contribution is 1.91. The number of rotatable bonds is 3. The molecule has 0 saturated heterocycles. The lowest BCUT2D eigenvalue weighted by Gasteiger charge is -1.88. The summed E-state index contributed by atoms with van der Waals surface area (Å²) in [5.41, 5.74) is 7.20. The summed E-state index contributed by atoms with van der Waals surface area (Å²) in [7, 11) is 1.96. The quantitative estimate of drug-likeness (QED) is 0.445. The van der Waals surface area contributed by atoms with Crippen LogP contribution in [0.1, 0.15) is 0 Å². The lowest BCUT2D eigenvalue weighted by Crippen LogP contribution is -1.90. The second-order valence-corrected chi connectivity index (χ2v) is 1.99. The van der Waals surface area contributed by atoms with Crippen LogP contribution in [-0.2, 0) is 0 Å². The third-order valence-corrected chi connectivity index (χ3v) is 1.10. The summed E-state index contributed by atoms with van der Waals surface area (Å²) in [5.74, 6) is 0. The van der Waals surface area contributed by atoms with Crippen molar-refractivity contribution in [3.05, 3.63) is 48.6 Å². The van der Waals surface area contributed by atoms with Gasteiger partial charge in [0.25, 0.3) is 0 Å². The summed E-state index contributed by atoms with van der Waals surface area (Å²) >= 11 is 0. The summed E-state index contributed by atoms with van der Waals surface area (Å²) < 4.78 is 0. The molecule has 0 fully saturated rings. The molecule has 52 valence electrons. The Morgan fingerprint density at radius 3 is 2.20 bits per heavy atom. The van der Waals surface area contributed by atoms with E-state index in [4.69, 9.17) is 5.73 Å². The number of hydrogen-bond donors (Lipinski definition) is 1. The van der Waals surface area contributed by atoms with Gasteiger partial charge in [-0.3, -0.25) is 0 Å². The number of allylic oxidation sites excluding steroid dienone is 5. The zero-order chi connectivity index (χ0) is 7.98. The van der Waals surface area contributed by atoms with Crippen LogP contribution in [0.25, 0.3) is 0 Å². The molecular formula is C8H12BN. The Kier molecular flexibility index (Phi) is 4.13. The van der Waals surface area contributed by atoms with Crippen molar-refractivity contribution >= 4 is 7.85 Å². The molecule has 0 heterocycles. The summed E-state index contributed by atoms with van der Waals surface area (Å²) in [5, 5.41) is 0. The van der Waals surface area contributed by atoms with E-state index in [1.165, 1.54) is 0 Å². The Balaban J connectivity index is 4.16. The van der Waals surface area contributed by atoms with Gasteiger partial charge in [0.05, 0.1) is 0 Å². The average Bonchev–Trinajstić information content (AvgIpc) is 1.99. The van der Waals surface area contributed by atoms with Crippen molar-refractivity contribution in [1.29, 1.82) is 0 Å². The average molecular weight is 133 g/mol. The summed E-state index contributed by atoms with van der Waals surface area (Å²) in [4.78, 5) is 0. The maximum atomic E-state index is 5.44. The largest absolute Gasteiger partial charge is 0.399 e. The molecule has 2 heteroatoms. The van der Waals surface area contributed by atoms with Gasteiger partial charge in [0.1, 0.15) is 7.85 Å². The maximum Gasteiger partial charge on any atom is 0.139 e. The first-order chi connectivity index (χ1) is 4.70. The third kappa shape index (κ3) is 3.78. The van der Waals surface area contributed by atoms with Gasteiger partial charge in [0.2, 0.25) is 0 Å². The highest BCUT2D eigenvalue weighted by atomic mass is 14.5. The number of nitrogens with two attached hydrogens (primary N) is 1. The van der Waals surface area contributed by atoms with Gasteiger partial charge in [0, 0.05) is 5.70 Å². The van der Waals surface area contributed by atoms with Gasteiger partial charge in [-0.25, -0.2) is 0 Å². The minimum absolute atomic E-state index is 0.668. The van der Waals surface area contributed by atoms with Crippen molar-refractivity contribution in [2.75, 3.05) is 0 Å². The molecule has 0 spiro atoms. The van der Waals surface area contributed by atoms with E-state index < -0.39 is 0 Å². The van der Waals surface area contributed by atoms with Gasteiger partial charge in [-0.15, -0.1) is 0 Å². The molecule has 10 heavy (non-hydrogen) atoms. The predicted octanol–water partition coefficient (Wildman–Crippen LogP) is 0.718. The molecule has 0 aliphatic heterocycles. The van der Waals surface area contributed by atoms with Gasteiger partial charge in [-0.2, -0.15) is 0 Å². The predicted molar refractivity (Wildman–Crippen MR) is 49.3 cm³/mol. The molecule has 0 unspecified atom stereocenters. The van der Waals surface area contributed by atoms with Gasteiger partial charge in [-0.1, -0.05) is 30.8 Å². The normalized spacial score (nSPS) is 12.8.